The first-order valence-corrected chi connectivity index (χ1v) is 9.38. The van der Waals surface area contributed by atoms with Gasteiger partial charge in [0.25, 0.3) is 5.24 Å². The molecule has 2 rings (SSSR count). The number of carbonyl (C=O) groups excluding carboxylic acids is 2. The van der Waals surface area contributed by atoms with Gasteiger partial charge in [0.2, 0.25) is 0 Å². The Morgan fingerprint density at radius 2 is 1.30 bits per heavy atom. The summed E-state index contributed by atoms with van der Waals surface area (Å²) in [6.45, 7) is 7.61. The monoisotopic (exact) mass is 392 g/mol. The first-order valence-electron chi connectivity index (χ1n) is 9.00. The molecule has 0 aliphatic carbocycles. The van der Waals surface area contributed by atoms with Crippen molar-refractivity contribution in [3.05, 3.63) is 71.8 Å². The van der Waals surface area contributed by atoms with Gasteiger partial charge in [0.15, 0.2) is 0 Å². The lowest BCUT2D eigenvalue weighted by atomic mass is 10.2. The molecule has 0 radical (unpaired) electrons. The highest BCUT2D eigenvalue weighted by Gasteiger charge is 2.08. The molecule has 2 aromatic carbocycles. The summed E-state index contributed by atoms with van der Waals surface area (Å²) >= 11 is 5.16. The Labute approximate surface area is 167 Å². The topological polar surface area (TPSA) is 63.6 Å². The van der Waals surface area contributed by atoms with Crippen LogP contribution in [-0.4, -0.2) is 28.5 Å². The van der Waals surface area contributed by atoms with Gasteiger partial charge in [-0.05, 0) is 50.4 Å². The molecule has 0 aliphatic heterocycles. The number of carbonyl (C=O) groups is 2. The summed E-state index contributed by atoms with van der Waals surface area (Å²) in [7, 11) is 0. The molecule has 0 amide bonds. The van der Waals surface area contributed by atoms with Crippen LogP contribution in [0.25, 0.3) is 0 Å². The van der Waals surface area contributed by atoms with Gasteiger partial charge in [0.1, 0.15) is 0 Å². The maximum atomic E-state index is 11.4. The van der Waals surface area contributed by atoms with Gasteiger partial charge in [0.05, 0.1) is 17.8 Å². The van der Waals surface area contributed by atoms with Gasteiger partial charge < -0.3 is 9.84 Å². The number of aliphatic hydroxyl groups is 1. The summed E-state index contributed by atoms with van der Waals surface area (Å²) in [6, 6.07) is 17.8. The van der Waals surface area contributed by atoms with Gasteiger partial charge in [-0.25, -0.2) is 4.79 Å². The van der Waals surface area contributed by atoms with Crippen molar-refractivity contribution in [2.24, 2.45) is 0 Å². The second-order valence-electron chi connectivity index (χ2n) is 5.89. The Kier molecular flexibility index (Phi) is 13.7. The molecule has 0 saturated heterocycles. The summed E-state index contributed by atoms with van der Waals surface area (Å²) in [6.07, 6.45) is 1.58. The predicted molar refractivity (Wildman–Crippen MR) is 110 cm³/mol. The third-order valence-corrected chi connectivity index (χ3v) is 3.70. The third kappa shape index (κ3) is 12.8. The van der Waals surface area contributed by atoms with E-state index in [9.17, 15) is 9.59 Å². The van der Waals surface area contributed by atoms with Crippen LogP contribution < -0.4 is 0 Å². The van der Waals surface area contributed by atoms with Crippen LogP contribution in [0.1, 0.15) is 61.3 Å². The van der Waals surface area contributed by atoms with E-state index in [0.717, 1.165) is 12.8 Å². The smallest absolute Gasteiger partial charge is 0.338 e. The average Bonchev–Trinajstić information content (AvgIpc) is 2.70. The first-order chi connectivity index (χ1) is 12.8. The molecule has 0 aromatic heterocycles. The molecular formula is C22H29ClO4. The quantitative estimate of drug-likeness (QED) is 0.540. The van der Waals surface area contributed by atoms with Crippen LogP contribution in [0.15, 0.2) is 60.7 Å². The lowest BCUT2D eigenvalue weighted by molar-refractivity contribution is 0.0334. The molecule has 0 fully saturated rings. The van der Waals surface area contributed by atoms with E-state index in [1.165, 1.54) is 0 Å². The standard InChI is InChI=1S/C11H14O2.C7H5ClO.C4H10O/c1-3-9(2)13-11(12)10-7-5-4-6-8-10;8-7(9)6-4-2-1-3-5-6;1-3-4(2)5/h4-9H,3H2,1-2H3;1-5H;4-5H,3H2,1-2H3. The maximum Gasteiger partial charge on any atom is 0.338 e. The Morgan fingerprint density at radius 3 is 1.59 bits per heavy atom. The normalized spacial score (nSPS) is 11.6. The first kappa shape index (κ1) is 24.8. The fourth-order valence-electron chi connectivity index (χ4n) is 1.48. The second kappa shape index (κ2) is 14.9. The van der Waals surface area contributed by atoms with Crippen LogP contribution in [0.5, 0.6) is 0 Å². The molecule has 2 atom stereocenters. The molecule has 4 nitrogen and oxygen atoms in total. The van der Waals surface area contributed by atoms with Crippen molar-refractivity contribution in [3.63, 3.8) is 0 Å². The van der Waals surface area contributed by atoms with Crippen LogP contribution in [0.3, 0.4) is 0 Å². The van der Waals surface area contributed by atoms with E-state index in [4.69, 9.17) is 21.4 Å². The van der Waals surface area contributed by atoms with E-state index >= 15 is 0 Å². The van der Waals surface area contributed by atoms with Gasteiger partial charge in [-0.2, -0.15) is 0 Å². The molecule has 5 heteroatoms. The number of rotatable bonds is 5. The highest BCUT2D eigenvalue weighted by atomic mass is 35.5. The second-order valence-corrected chi connectivity index (χ2v) is 6.23. The number of esters is 1. The Bertz CT molecular complexity index is 642. The van der Waals surface area contributed by atoms with Crippen molar-refractivity contribution in [3.8, 4) is 0 Å². The zero-order chi connectivity index (χ0) is 20.7. The lowest BCUT2D eigenvalue weighted by Crippen LogP contribution is -2.13. The van der Waals surface area contributed by atoms with E-state index in [1.807, 2.05) is 45.0 Å². The van der Waals surface area contributed by atoms with Crippen LogP contribution in [-0.2, 0) is 4.74 Å². The largest absolute Gasteiger partial charge is 0.459 e. The molecule has 0 bridgehead atoms. The minimum atomic E-state index is -0.407. The van der Waals surface area contributed by atoms with E-state index in [-0.39, 0.29) is 18.2 Å². The highest BCUT2D eigenvalue weighted by Crippen LogP contribution is 2.05. The van der Waals surface area contributed by atoms with Gasteiger partial charge >= 0.3 is 5.97 Å². The number of hydrogen-bond acceptors (Lipinski definition) is 4. The van der Waals surface area contributed by atoms with Crippen molar-refractivity contribution in [2.75, 3.05) is 0 Å². The van der Waals surface area contributed by atoms with Crippen LogP contribution in [0.2, 0.25) is 0 Å². The Hall–Kier alpha value is -2.17. The fraction of sp³-hybridized carbons (Fsp3) is 0.364. The molecule has 2 unspecified atom stereocenters. The summed E-state index contributed by atoms with van der Waals surface area (Å²) < 4.78 is 5.15. The fourth-order valence-corrected chi connectivity index (χ4v) is 1.60. The number of hydrogen-bond donors (Lipinski definition) is 1. The van der Waals surface area contributed by atoms with E-state index in [0.29, 0.717) is 11.1 Å². The van der Waals surface area contributed by atoms with E-state index in [2.05, 4.69) is 0 Å². The molecule has 0 spiro atoms. The van der Waals surface area contributed by atoms with Crippen molar-refractivity contribution < 1.29 is 19.4 Å². The Morgan fingerprint density at radius 1 is 0.889 bits per heavy atom. The van der Waals surface area contributed by atoms with Crippen molar-refractivity contribution in [1.29, 1.82) is 0 Å². The van der Waals surface area contributed by atoms with Crippen molar-refractivity contribution >= 4 is 22.8 Å². The van der Waals surface area contributed by atoms with Crippen molar-refractivity contribution in [2.45, 2.75) is 52.7 Å². The summed E-state index contributed by atoms with van der Waals surface area (Å²) in [5.74, 6) is -0.241. The predicted octanol–water partition coefficient (Wildman–Crippen LogP) is 5.48. The van der Waals surface area contributed by atoms with Crippen LogP contribution in [0.4, 0.5) is 0 Å². The third-order valence-electron chi connectivity index (χ3n) is 3.48. The number of aliphatic hydroxyl groups excluding tert-OH is 1. The van der Waals surface area contributed by atoms with Gasteiger partial charge in [-0.1, -0.05) is 62.4 Å². The minimum absolute atomic E-state index is 0.00675. The van der Waals surface area contributed by atoms with E-state index in [1.54, 1.807) is 43.3 Å². The highest BCUT2D eigenvalue weighted by molar-refractivity contribution is 6.67. The molecule has 0 saturated carbocycles. The summed E-state index contributed by atoms with van der Waals surface area (Å²) in [5.41, 5.74) is 1.15. The molecule has 1 N–H and O–H groups in total. The molecule has 2 aromatic rings. The maximum absolute atomic E-state index is 11.4. The summed E-state index contributed by atoms with van der Waals surface area (Å²) in [5, 5.41) is 7.95. The van der Waals surface area contributed by atoms with E-state index < -0.39 is 5.24 Å². The molecule has 27 heavy (non-hydrogen) atoms. The Balaban J connectivity index is 0.000000419. The zero-order valence-electron chi connectivity index (χ0n) is 16.4. The number of ether oxygens (including phenoxy) is 1. The number of benzene rings is 2. The summed E-state index contributed by atoms with van der Waals surface area (Å²) in [4.78, 5) is 21.8. The SMILES string of the molecule is CCC(C)O.CCC(C)OC(=O)c1ccccc1.O=C(Cl)c1ccccc1. The number of halogens is 1. The van der Waals surface area contributed by atoms with Crippen LogP contribution in [0, 0.1) is 0 Å². The molecule has 0 heterocycles. The van der Waals surface area contributed by atoms with Crippen molar-refractivity contribution in [1.82, 2.24) is 0 Å². The van der Waals surface area contributed by atoms with Gasteiger partial charge in [-0.15, -0.1) is 0 Å². The average molecular weight is 393 g/mol. The molecule has 0 aliphatic rings. The zero-order valence-corrected chi connectivity index (χ0v) is 17.1. The lowest BCUT2D eigenvalue weighted by Gasteiger charge is -2.10. The van der Waals surface area contributed by atoms with Gasteiger partial charge in [0, 0.05) is 5.56 Å². The van der Waals surface area contributed by atoms with Crippen LogP contribution >= 0.6 is 11.6 Å². The molecular weight excluding hydrogens is 364 g/mol. The molecule has 148 valence electrons. The minimum Gasteiger partial charge on any atom is -0.459 e. The van der Waals surface area contributed by atoms with Gasteiger partial charge in [-0.3, -0.25) is 4.79 Å².